The zero-order valence-electron chi connectivity index (χ0n) is 13.1. The second-order valence-corrected chi connectivity index (χ2v) is 6.64. The summed E-state index contributed by atoms with van der Waals surface area (Å²) >= 11 is 6.21. The first-order valence-electron chi connectivity index (χ1n) is 6.88. The first-order chi connectivity index (χ1) is 9.67. The maximum Gasteiger partial charge on any atom is 0.410 e. The van der Waals surface area contributed by atoms with Crippen LogP contribution in [-0.4, -0.2) is 47.2 Å². The Bertz CT molecular complexity index is 555. The topological polar surface area (TPSA) is 58.6 Å². The average molecular weight is 313 g/mol. The zero-order chi connectivity index (χ0) is 15.8. The Labute approximate surface area is 130 Å². The van der Waals surface area contributed by atoms with Crippen molar-refractivity contribution in [2.45, 2.75) is 39.3 Å². The van der Waals surface area contributed by atoms with Gasteiger partial charge in [0.25, 0.3) is 0 Å². The van der Waals surface area contributed by atoms with Gasteiger partial charge < -0.3 is 14.5 Å². The van der Waals surface area contributed by atoms with Crippen molar-refractivity contribution in [1.29, 1.82) is 0 Å². The van der Waals surface area contributed by atoms with Gasteiger partial charge in [0.05, 0.1) is 12.2 Å². The van der Waals surface area contributed by atoms with E-state index in [2.05, 4.69) is 9.97 Å². The Morgan fingerprint density at radius 2 is 2.00 bits per heavy atom. The minimum atomic E-state index is -0.504. The molecule has 7 heteroatoms. The molecule has 0 fully saturated rings. The van der Waals surface area contributed by atoms with Crippen LogP contribution in [0.1, 0.15) is 32.0 Å². The molecule has 6 nitrogen and oxygen atoms in total. The van der Waals surface area contributed by atoms with Gasteiger partial charge in [-0.1, -0.05) is 11.6 Å². The molecule has 0 aromatic carbocycles. The van der Waals surface area contributed by atoms with E-state index in [0.717, 1.165) is 11.3 Å². The fraction of sp³-hybridized carbons (Fsp3) is 0.643. The molecule has 0 atom stereocenters. The van der Waals surface area contributed by atoms with Crippen LogP contribution in [0.15, 0.2) is 0 Å². The Hall–Kier alpha value is -1.56. The third kappa shape index (κ3) is 3.75. The van der Waals surface area contributed by atoms with Crippen LogP contribution in [0, 0.1) is 0 Å². The molecule has 1 aliphatic rings. The number of amides is 1. The maximum atomic E-state index is 12.1. The van der Waals surface area contributed by atoms with Crippen LogP contribution in [-0.2, 0) is 17.7 Å². The average Bonchev–Trinajstić information content (AvgIpc) is 2.35. The Morgan fingerprint density at radius 1 is 1.33 bits per heavy atom. The van der Waals surface area contributed by atoms with Gasteiger partial charge in [-0.2, -0.15) is 0 Å². The lowest BCUT2D eigenvalue weighted by Gasteiger charge is -2.31. The zero-order valence-corrected chi connectivity index (χ0v) is 13.9. The molecule has 0 N–H and O–H groups in total. The summed E-state index contributed by atoms with van der Waals surface area (Å²) in [5.41, 5.74) is 1.20. The lowest BCUT2D eigenvalue weighted by atomic mass is 10.1. The molecule has 2 heterocycles. The predicted octanol–water partition coefficient (Wildman–Crippen LogP) is 2.49. The first-order valence-corrected chi connectivity index (χ1v) is 7.25. The highest BCUT2D eigenvalue weighted by Crippen LogP contribution is 2.26. The first kappa shape index (κ1) is 15.8. The van der Waals surface area contributed by atoms with E-state index in [9.17, 15) is 4.79 Å². The van der Waals surface area contributed by atoms with Crippen molar-refractivity contribution in [2.75, 3.05) is 25.5 Å². The van der Waals surface area contributed by atoms with Gasteiger partial charge in [-0.05, 0) is 27.2 Å². The number of carbonyl (C=O) groups is 1. The van der Waals surface area contributed by atoms with Gasteiger partial charge in [0.2, 0.25) is 5.95 Å². The largest absolute Gasteiger partial charge is 0.444 e. The molecule has 1 amide bonds. The lowest BCUT2D eigenvalue weighted by Crippen LogP contribution is -2.40. The second kappa shape index (κ2) is 5.67. The molecule has 1 aliphatic heterocycles. The van der Waals surface area contributed by atoms with Crippen LogP contribution in [0.2, 0.25) is 5.15 Å². The summed E-state index contributed by atoms with van der Waals surface area (Å²) in [6, 6.07) is 0. The molecule has 0 saturated heterocycles. The minimum absolute atomic E-state index is 0.325. The quantitative estimate of drug-likeness (QED) is 0.746. The third-order valence-electron chi connectivity index (χ3n) is 3.05. The van der Waals surface area contributed by atoms with E-state index >= 15 is 0 Å². The van der Waals surface area contributed by atoms with Crippen molar-refractivity contribution in [3.8, 4) is 0 Å². The number of carbonyl (C=O) groups excluding carboxylic acids is 1. The van der Waals surface area contributed by atoms with E-state index in [0.29, 0.717) is 30.6 Å². The summed E-state index contributed by atoms with van der Waals surface area (Å²) < 4.78 is 5.40. The summed E-state index contributed by atoms with van der Waals surface area (Å²) in [6.07, 6.45) is 0.315. The van der Waals surface area contributed by atoms with Gasteiger partial charge in [-0.25, -0.2) is 14.8 Å². The molecule has 0 unspecified atom stereocenters. The number of rotatable bonds is 1. The highest BCUT2D eigenvalue weighted by atomic mass is 35.5. The van der Waals surface area contributed by atoms with Crippen molar-refractivity contribution >= 4 is 23.6 Å². The molecule has 0 saturated carbocycles. The van der Waals surface area contributed by atoms with Gasteiger partial charge in [-0.3, -0.25) is 0 Å². The standard InChI is InChI=1S/C14H21ClN4O2/c1-14(2,3)21-13(20)19-7-6-9-10(8-19)16-12(18(4)5)17-11(9)15/h6-8H2,1-5H3. The molecule has 0 radical (unpaired) electrons. The maximum absolute atomic E-state index is 12.1. The smallest absolute Gasteiger partial charge is 0.410 e. The van der Waals surface area contributed by atoms with Crippen LogP contribution in [0.4, 0.5) is 10.7 Å². The second-order valence-electron chi connectivity index (χ2n) is 6.29. The highest BCUT2D eigenvalue weighted by Gasteiger charge is 2.28. The van der Waals surface area contributed by atoms with E-state index in [4.69, 9.17) is 16.3 Å². The Balaban J connectivity index is 2.21. The summed E-state index contributed by atoms with van der Waals surface area (Å²) in [5.74, 6) is 0.546. The van der Waals surface area contributed by atoms with Crippen molar-refractivity contribution in [1.82, 2.24) is 14.9 Å². The van der Waals surface area contributed by atoms with Crippen LogP contribution in [0.3, 0.4) is 0 Å². The molecule has 21 heavy (non-hydrogen) atoms. The van der Waals surface area contributed by atoms with Gasteiger partial charge >= 0.3 is 6.09 Å². The number of aromatic nitrogens is 2. The van der Waals surface area contributed by atoms with Crippen molar-refractivity contribution in [3.63, 3.8) is 0 Å². The summed E-state index contributed by atoms with van der Waals surface area (Å²) in [5, 5.41) is 0.465. The number of anilines is 1. The number of fused-ring (bicyclic) bond motifs is 1. The highest BCUT2D eigenvalue weighted by molar-refractivity contribution is 6.30. The van der Waals surface area contributed by atoms with Crippen LogP contribution < -0.4 is 4.90 Å². The van der Waals surface area contributed by atoms with Crippen LogP contribution >= 0.6 is 11.6 Å². The van der Waals surface area contributed by atoms with Crippen molar-refractivity contribution < 1.29 is 9.53 Å². The predicted molar refractivity (Wildman–Crippen MR) is 81.7 cm³/mol. The third-order valence-corrected chi connectivity index (χ3v) is 3.37. The normalized spacial score (nSPS) is 14.7. The van der Waals surface area contributed by atoms with Gasteiger partial charge in [0, 0.05) is 26.2 Å². The molecule has 0 bridgehead atoms. The minimum Gasteiger partial charge on any atom is -0.444 e. The lowest BCUT2D eigenvalue weighted by molar-refractivity contribution is 0.0220. The molecule has 0 aliphatic carbocycles. The monoisotopic (exact) mass is 312 g/mol. The number of nitrogens with zero attached hydrogens (tertiary/aromatic N) is 4. The van der Waals surface area contributed by atoms with E-state index in [1.165, 1.54) is 0 Å². The van der Waals surface area contributed by atoms with E-state index in [1.54, 1.807) is 9.80 Å². The molecule has 0 spiro atoms. The molecular weight excluding hydrogens is 292 g/mol. The Kier molecular flexibility index (Phi) is 4.27. The fourth-order valence-electron chi connectivity index (χ4n) is 2.05. The van der Waals surface area contributed by atoms with Crippen LogP contribution in [0.5, 0.6) is 0 Å². The number of ether oxygens (including phenoxy) is 1. The number of halogens is 1. The molecular formula is C14H21ClN4O2. The number of hydrogen-bond donors (Lipinski definition) is 0. The van der Waals surface area contributed by atoms with Gasteiger partial charge in [0.15, 0.2) is 0 Å². The summed E-state index contributed by atoms with van der Waals surface area (Å²) in [7, 11) is 3.71. The Morgan fingerprint density at radius 3 is 2.57 bits per heavy atom. The van der Waals surface area contributed by atoms with E-state index in [1.807, 2.05) is 34.9 Å². The molecule has 1 aromatic rings. The number of hydrogen-bond acceptors (Lipinski definition) is 5. The van der Waals surface area contributed by atoms with Gasteiger partial charge in [-0.15, -0.1) is 0 Å². The van der Waals surface area contributed by atoms with Crippen molar-refractivity contribution in [3.05, 3.63) is 16.4 Å². The van der Waals surface area contributed by atoms with E-state index < -0.39 is 5.60 Å². The molecule has 116 valence electrons. The molecule has 1 aromatic heterocycles. The van der Waals surface area contributed by atoms with Crippen molar-refractivity contribution in [2.24, 2.45) is 0 Å². The van der Waals surface area contributed by atoms with Gasteiger partial charge in [0.1, 0.15) is 10.8 Å². The van der Waals surface area contributed by atoms with Crippen LogP contribution in [0.25, 0.3) is 0 Å². The molecule has 2 rings (SSSR count). The SMILES string of the molecule is CN(C)c1nc(Cl)c2c(n1)CN(C(=O)OC(C)(C)C)CC2. The summed E-state index contributed by atoms with van der Waals surface area (Å²) in [6.45, 7) is 6.52. The fourth-order valence-corrected chi connectivity index (χ4v) is 2.33. The summed E-state index contributed by atoms with van der Waals surface area (Å²) in [4.78, 5) is 24.3. The van der Waals surface area contributed by atoms with E-state index in [-0.39, 0.29) is 6.09 Å².